The molecule has 1 heterocycles. The van der Waals surface area contributed by atoms with Crippen molar-refractivity contribution >= 4 is 21.9 Å². The molecule has 1 aromatic heterocycles. The van der Waals surface area contributed by atoms with Crippen molar-refractivity contribution in [3.63, 3.8) is 0 Å². The van der Waals surface area contributed by atoms with E-state index < -0.39 is 0 Å². The van der Waals surface area contributed by atoms with Crippen LogP contribution in [0.5, 0.6) is 0 Å². The number of fused-ring (bicyclic) bond motifs is 3. The van der Waals surface area contributed by atoms with Gasteiger partial charge in [0.2, 0.25) is 0 Å². The Morgan fingerprint density at radius 1 is 0.311 bits per heavy atom. The van der Waals surface area contributed by atoms with Crippen molar-refractivity contribution in [1.29, 1.82) is 0 Å². The highest BCUT2D eigenvalue weighted by atomic mass is 16.3. The second kappa shape index (κ2) is 11.1. The fourth-order valence-electron chi connectivity index (χ4n) is 6.73. The Bertz CT molecular complexity index is 2320. The summed E-state index contributed by atoms with van der Waals surface area (Å²) in [5.74, 6) is 0. The van der Waals surface area contributed by atoms with E-state index in [1.807, 2.05) is 12.1 Å². The van der Waals surface area contributed by atoms with E-state index in [-0.39, 0.29) is 0 Å². The van der Waals surface area contributed by atoms with Crippen molar-refractivity contribution in [3.8, 4) is 55.6 Å². The average Bonchev–Trinajstić information content (AvgIpc) is 3.47. The standard InChI is InChI=1S/C44H32O/c1-29-23-39(24-30(2)44(29)38-21-22-43-41(28-38)40-19-6-7-20-42(40)45-43)37-18-10-17-36(27-37)35-16-9-15-34(26-35)33-14-8-13-32(25-33)31-11-4-3-5-12-31/h3-28H,1-2H3. The van der Waals surface area contributed by atoms with E-state index in [2.05, 4.69) is 159 Å². The summed E-state index contributed by atoms with van der Waals surface area (Å²) >= 11 is 0. The zero-order valence-electron chi connectivity index (χ0n) is 25.4. The molecular weight excluding hydrogens is 544 g/mol. The molecule has 0 spiro atoms. The molecule has 8 aromatic rings. The molecule has 0 fully saturated rings. The molecule has 0 saturated heterocycles. The van der Waals surface area contributed by atoms with Gasteiger partial charge < -0.3 is 4.42 Å². The van der Waals surface area contributed by atoms with Gasteiger partial charge in [0.1, 0.15) is 11.2 Å². The molecule has 0 saturated carbocycles. The average molecular weight is 577 g/mol. The van der Waals surface area contributed by atoms with Gasteiger partial charge in [-0.3, -0.25) is 0 Å². The highest BCUT2D eigenvalue weighted by molar-refractivity contribution is 6.06. The molecule has 0 aliphatic rings. The molecule has 0 unspecified atom stereocenters. The normalized spacial score (nSPS) is 11.3. The largest absolute Gasteiger partial charge is 0.456 e. The molecule has 0 aliphatic carbocycles. The van der Waals surface area contributed by atoms with E-state index in [0.717, 1.165) is 21.9 Å². The third kappa shape index (κ3) is 5.03. The number of benzene rings is 7. The quantitative estimate of drug-likeness (QED) is 0.199. The molecule has 214 valence electrons. The first-order chi connectivity index (χ1) is 22.1. The van der Waals surface area contributed by atoms with Crippen LogP contribution in [0.25, 0.3) is 77.6 Å². The molecule has 7 aromatic carbocycles. The molecule has 0 aliphatic heterocycles. The van der Waals surface area contributed by atoms with Gasteiger partial charge in [0.25, 0.3) is 0 Å². The molecule has 1 nitrogen and oxygen atoms in total. The van der Waals surface area contributed by atoms with E-state index in [9.17, 15) is 0 Å². The fourth-order valence-corrected chi connectivity index (χ4v) is 6.73. The first-order valence-corrected chi connectivity index (χ1v) is 15.5. The lowest BCUT2D eigenvalue weighted by molar-refractivity contribution is 0.669. The second-order valence-electron chi connectivity index (χ2n) is 11.9. The Morgan fingerprint density at radius 2 is 0.778 bits per heavy atom. The summed E-state index contributed by atoms with van der Waals surface area (Å²) in [7, 11) is 0. The number of para-hydroxylation sites is 1. The van der Waals surface area contributed by atoms with Crippen LogP contribution >= 0.6 is 0 Å². The third-order valence-electron chi connectivity index (χ3n) is 8.89. The maximum atomic E-state index is 6.08. The molecule has 0 bridgehead atoms. The Kier molecular flexibility index (Phi) is 6.65. The lowest BCUT2D eigenvalue weighted by Crippen LogP contribution is -1.91. The third-order valence-corrected chi connectivity index (χ3v) is 8.89. The van der Waals surface area contributed by atoms with E-state index in [1.54, 1.807) is 0 Å². The first-order valence-electron chi connectivity index (χ1n) is 15.5. The van der Waals surface area contributed by atoms with Gasteiger partial charge in [-0.25, -0.2) is 0 Å². The van der Waals surface area contributed by atoms with Crippen LogP contribution in [0, 0.1) is 13.8 Å². The predicted octanol–water partition coefficient (Wildman–Crippen LogP) is 12.5. The number of hydrogen-bond donors (Lipinski definition) is 0. The summed E-state index contributed by atoms with van der Waals surface area (Å²) < 4.78 is 6.08. The zero-order valence-corrected chi connectivity index (χ0v) is 25.4. The molecule has 0 amide bonds. The predicted molar refractivity (Wildman–Crippen MR) is 190 cm³/mol. The smallest absolute Gasteiger partial charge is 0.135 e. The van der Waals surface area contributed by atoms with Crippen molar-refractivity contribution in [3.05, 3.63) is 169 Å². The van der Waals surface area contributed by atoms with Crippen LogP contribution in [0.2, 0.25) is 0 Å². The van der Waals surface area contributed by atoms with Crippen LogP contribution in [0.4, 0.5) is 0 Å². The zero-order chi connectivity index (χ0) is 30.3. The molecule has 0 radical (unpaired) electrons. The number of hydrogen-bond acceptors (Lipinski definition) is 1. The summed E-state index contributed by atoms with van der Waals surface area (Å²) in [5.41, 5.74) is 16.7. The minimum absolute atomic E-state index is 0.927. The molecule has 0 atom stereocenters. The highest BCUT2D eigenvalue weighted by Crippen LogP contribution is 2.37. The first kappa shape index (κ1) is 26.9. The van der Waals surface area contributed by atoms with Crippen LogP contribution in [-0.2, 0) is 0 Å². The number of furan rings is 1. The maximum absolute atomic E-state index is 6.08. The van der Waals surface area contributed by atoms with Crippen LogP contribution < -0.4 is 0 Å². The minimum atomic E-state index is 0.927. The summed E-state index contributed by atoms with van der Waals surface area (Å²) in [6, 6.07) is 56.6. The highest BCUT2D eigenvalue weighted by Gasteiger charge is 2.13. The molecule has 8 rings (SSSR count). The molecule has 1 heteroatoms. The Labute approximate surface area is 264 Å². The number of aryl methyl sites for hydroxylation is 2. The summed E-state index contributed by atoms with van der Waals surface area (Å²) in [4.78, 5) is 0. The summed E-state index contributed by atoms with van der Waals surface area (Å²) in [6.07, 6.45) is 0. The Hall–Kier alpha value is -5.66. The van der Waals surface area contributed by atoms with E-state index >= 15 is 0 Å². The molecule has 45 heavy (non-hydrogen) atoms. The van der Waals surface area contributed by atoms with Crippen molar-refractivity contribution in [2.75, 3.05) is 0 Å². The summed E-state index contributed by atoms with van der Waals surface area (Å²) in [6.45, 7) is 4.45. The van der Waals surface area contributed by atoms with Gasteiger partial charge in [0.05, 0.1) is 0 Å². The van der Waals surface area contributed by atoms with Crippen LogP contribution in [0.3, 0.4) is 0 Å². The molecule has 0 N–H and O–H groups in total. The van der Waals surface area contributed by atoms with E-state index in [4.69, 9.17) is 4.42 Å². The molecular formula is C44H32O. The van der Waals surface area contributed by atoms with Gasteiger partial charge in [-0.15, -0.1) is 0 Å². The SMILES string of the molecule is Cc1cc(-c2cccc(-c3cccc(-c4cccc(-c5ccccc5)c4)c3)c2)cc(C)c1-c1ccc2oc3ccccc3c2c1. The van der Waals surface area contributed by atoms with Crippen LogP contribution in [-0.4, -0.2) is 0 Å². The topological polar surface area (TPSA) is 13.1 Å². The van der Waals surface area contributed by atoms with Gasteiger partial charge in [0, 0.05) is 10.8 Å². The van der Waals surface area contributed by atoms with Crippen LogP contribution in [0.15, 0.2) is 162 Å². The van der Waals surface area contributed by atoms with Crippen molar-refractivity contribution in [2.45, 2.75) is 13.8 Å². The lowest BCUT2D eigenvalue weighted by Gasteiger charge is -2.14. The maximum Gasteiger partial charge on any atom is 0.135 e. The Balaban J connectivity index is 1.13. The lowest BCUT2D eigenvalue weighted by atomic mass is 9.90. The van der Waals surface area contributed by atoms with E-state index in [1.165, 1.54) is 66.8 Å². The number of rotatable bonds is 5. The van der Waals surface area contributed by atoms with Gasteiger partial charge in [-0.05, 0) is 117 Å². The van der Waals surface area contributed by atoms with Crippen LogP contribution in [0.1, 0.15) is 11.1 Å². The Morgan fingerprint density at radius 3 is 1.38 bits per heavy atom. The van der Waals surface area contributed by atoms with E-state index in [0.29, 0.717) is 0 Å². The minimum Gasteiger partial charge on any atom is -0.456 e. The van der Waals surface area contributed by atoms with Gasteiger partial charge >= 0.3 is 0 Å². The van der Waals surface area contributed by atoms with Gasteiger partial charge in [-0.2, -0.15) is 0 Å². The van der Waals surface area contributed by atoms with Crippen molar-refractivity contribution in [2.24, 2.45) is 0 Å². The van der Waals surface area contributed by atoms with Gasteiger partial charge in [-0.1, -0.05) is 121 Å². The van der Waals surface area contributed by atoms with Crippen molar-refractivity contribution in [1.82, 2.24) is 0 Å². The fraction of sp³-hybridized carbons (Fsp3) is 0.0455. The van der Waals surface area contributed by atoms with Crippen molar-refractivity contribution < 1.29 is 4.42 Å². The second-order valence-corrected chi connectivity index (χ2v) is 11.9. The van der Waals surface area contributed by atoms with Gasteiger partial charge in [0.15, 0.2) is 0 Å². The monoisotopic (exact) mass is 576 g/mol. The summed E-state index contributed by atoms with van der Waals surface area (Å²) in [5, 5.41) is 2.32.